The summed E-state index contributed by atoms with van der Waals surface area (Å²) < 4.78 is 50.6. The Hall–Kier alpha value is -2.90. The monoisotopic (exact) mass is 396 g/mol. The van der Waals surface area contributed by atoms with Crippen molar-refractivity contribution >= 4 is 11.9 Å². The number of hydrogen-bond acceptors (Lipinski definition) is 2. The number of aliphatic carboxylic acids is 2. The smallest absolute Gasteiger partial charge is 0.307 e. The minimum atomic E-state index is -0.918. The van der Waals surface area contributed by atoms with Crippen LogP contribution in [-0.4, -0.2) is 22.2 Å². The Balaban J connectivity index is 0.000000161. The SMILES string of the molecule is O=C(O)C1CC1c1ccc(F)c(F)c1.O=C(O)C1CC1c1ccc(F)c(F)c1. The first-order valence-corrected chi connectivity index (χ1v) is 8.54. The van der Waals surface area contributed by atoms with Crippen molar-refractivity contribution in [2.45, 2.75) is 24.7 Å². The summed E-state index contributed by atoms with van der Waals surface area (Å²) in [7, 11) is 0. The minimum Gasteiger partial charge on any atom is -0.481 e. The van der Waals surface area contributed by atoms with E-state index in [9.17, 15) is 27.2 Å². The molecule has 0 spiro atoms. The lowest BCUT2D eigenvalue weighted by atomic mass is 10.1. The largest absolute Gasteiger partial charge is 0.481 e. The molecule has 148 valence electrons. The van der Waals surface area contributed by atoms with Crippen LogP contribution in [0.4, 0.5) is 17.6 Å². The van der Waals surface area contributed by atoms with E-state index in [1.807, 2.05) is 0 Å². The lowest BCUT2D eigenvalue weighted by Crippen LogP contribution is -1.99. The molecule has 0 heterocycles. The van der Waals surface area contributed by atoms with E-state index in [1.165, 1.54) is 12.1 Å². The fourth-order valence-electron chi connectivity index (χ4n) is 3.16. The Morgan fingerprint density at radius 3 is 1.29 bits per heavy atom. The maximum absolute atomic E-state index is 12.8. The van der Waals surface area contributed by atoms with Crippen LogP contribution < -0.4 is 0 Å². The molecule has 0 amide bonds. The molecule has 2 aliphatic carbocycles. The third-order valence-electron chi connectivity index (χ3n) is 4.96. The first-order chi connectivity index (χ1) is 13.2. The molecule has 0 saturated heterocycles. The van der Waals surface area contributed by atoms with Gasteiger partial charge in [-0.1, -0.05) is 12.1 Å². The molecular formula is C20H16F4O4. The van der Waals surface area contributed by atoms with E-state index in [2.05, 4.69) is 0 Å². The van der Waals surface area contributed by atoms with Crippen molar-refractivity contribution in [3.63, 3.8) is 0 Å². The van der Waals surface area contributed by atoms with Crippen LogP contribution >= 0.6 is 0 Å². The zero-order valence-electron chi connectivity index (χ0n) is 14.4. The quantitative estimate of drug-likeness (QED) is 0.756. The van der Waals surface area contributed by atoms with E-state index in [0.29, 0.717) is 24.0 Å². The fraction of sp³-hybridized carbons (Fsp3) is 0.300. The first-order valence-electron chi connectivity index (χ1n) is 8.54. The summed E-state index contributed by atoms with van der Waals surface area (Å²) in [5.41, 5.74) is 1.13. The van der Waals surface area contributed by atoms with Gasteiger partial charge in [0.15, 0.2) is 23.3 Å². The van der Waals surface area contributed by atoms with Crippen LogP contribution in [0.15, 0.2) is 36.4 Å². The Morgan fingerprint density at radius 2 is 1.04 bits per heavy atom. The summed E-state index contributed by atoms with van der Waals surface area (Å²) in [6, 6.07) is 7.08. The second kappa shape index (κ2) is 7.61. The van der Waals surface area contributed by atoms with Crippen molar-refractivity contribution in [2.75, 3.05) is 0 Å². The molecule has 0 bridgehead atoms. The second-order valence-electron chi connectivity index (χ2n) is 6.92. The van der Waals surface area contributed by atoms with Gasteiger partial charge in [-0.2, -0.15) is 0 Å². The lowest BCUT2D eigenvalue weighted by Gasteiger charge is -1.99. The molecule has 4 rings (SSSR count). The molecule has 8 heteroatoms. The molecule has 0 aliphatic heterocycles. The molecule has 4 nitrogen and oxygen atoms in total. The van der Waals surface area contributed by atoms with E-state index < -0.39 is 47.0 Å². The zero-order valence-corrected chi connectivity index (χ0v) is 14.4. The maximum atomic E-state index is 12.8. The van der Waals surface area contributed by atoms with Crippen LogP contribution in [0.2, 0.25) is 0 Å². The average molecular weight is 396 g/mol. The van der Waals surface area contributed by atoms with E-state index in [-0.39, 0.29) is 11.8 Å². The molecule has 2 aromatic carbocycles. The molecule has 4 atom stereocenters. The van der Waals surface area contributed by atoms with Crippen LogP contribution in [-0.2, 0) is 9.59 Å². The highest BCUT2D eigenvalue weighted by atomic mass is 19.2. The van der Waals surface area contributed by atoms with Crippen molar-refractivity contribution in [2.24, 2.45) is 11.8 Å². The van der Waals surface area contributed by atoms with Gasteiger partial charge in [-0.15, -0.1) is 0 Å². The number of halogens is 4. The van der Waals surface area contributed by atoms with Gasteiger partial charge in [0.25, 0.3) is 0 Å². The molecule has 2 fully saturated rings. The Labute approximate surface area is 157 Å². The predicted octanol–water partition coefficient (Wildman–Crippen LogP) is 4.31. The number of rotatable bonds is 4. The number of carboxylic acid groups (broad SMARTS) is 2. The van der Waals surface area contributed by atoms with Gasteiger partial charge in [-0.3, -0.25) is 9.59 Å². The van der Waals surface area contributed by atoms with Gasteiger partial charge in [-0.25, -0.2) is 17.6 Å². The van der Waals surface area contributed by atoms with Crippen LogP contribution in [0.5, 0.6) is 0 Å². The van der Waals surface area contributed by atoms with E-state index in [0.717, 1.165) is 24.3 Å². The van der Waals surface area contributed by atoms with Crippen molar-refractivity contribution in [3.05, 3.63) is 70.8 Å². The summed E-state index contributed by atoms with van der Waals surface area (Å²) in [6.07, 6.45) is 1.03. The van der Waals surface area contributed by atoms with Gasteiger partial charge in [-0.05, 0) is 60.1 Å². The molecule has 28 heavy (non-hydrogen) atoms. The molecule has 2 saturated carbocycles. The minimum absolute atomic E-state index is 0.150. The average Bonchev–Trinajstić information content (AvgIpc) is 3.53. The van der Waals surface area contributed by atoms with Crippen molar-refractivity contribution in [1.29, 1.82) is 0 Å². The highest BCUT2D eigenvalue weighted by Crippen LogP contribution is 2.48. The molecule has 0 aromatic heterocycles. The highest BCUT2D eigenvalue weighted by Gasteiger charge is 2.45. The highest BCUT2D eigenvalue weighted by molar-refractivity contribution is 5.75. The van der Waals surface area contributed by atoms with Crippen molar-refractivity contribution in [3.8, 4) is 0 Å². The first kappa shape index (κ1) is 19.9. The molecule has 2 aromatic rings. The Bertz CT molecular complexity index is 855. The van der Waals surface area contributed by atoms with Gasteiger partial charge in [0.2, 0.25) is 0 Å². The van der Waals surface area contributed by atoms with Crippen molar-refractivity contribution < 1.29 is 37.4 Å². The second-order valence-corrected chi connectivity index (χ2v) is 6.92. The zero-order chi connectivity index (χ0) is 20.6. The van der Waals surface area contributed by atoms with Gasteiger partial charge >= 0.3 is 11.9 Å². The number of hydrogen-bond donors (Lipinski definition) is 2. The molecule has 0 radical (unpaired) electrons. The van der Waals surface area contributed by atoms with Crippen LogP contribution in [0.25, 0.3) is 0 Å². The van der Waals surface area contributed by atoms with Gasteiger partial charge < -0.3 is 10.2 Å². The van der Waals surface area contributed by atoms with E-state index >= 15 is 0 Å². The molecular weight excluding hydrogens is 380 g/mol. The van der Waals surface area contributed by atoms with E-state index in [4.69, 9.17) is 10.2 Å². The van der Waals surface area contributed by atoms with Gasteiger partial charge in [0.1, 0.15) is 0 Å². The fourth-order valence-corrected chi connectivity index (χ4v) is 3.16. The Morgan fingerprint density at radius 1 is 0.679 bits per heavy atom. The maximum Gasteiger partial charge on any atom is 0.307 e. The van der Waals surface area contributed by atoms with Crippen molar-refractivity contribution in [1.82, 2.24) is 0 Å². The van der Waals surface area contributed by atoms with E-state index in [1.54, 1.807) is 0 Å². The predicted molar refractivity (Wildman–Crippen MR) is 89.7 cm³/mol. The third-order valence-corrected chi connectivity index (χ3v) is 4.96. The number of carboxylic acids is 2. The lowest BCUT2D eigenvalue weighted by molar-refractivity contribution is -0.139. The van der Waals surface area contributed by atoms with Crippen LogP contribution in [0.3, 0.4) is 0 Å². The normalized spacial score (nSPS) is 24.7. The van der Waals surface area contributed by atoms with Gasteiger partial charge in [0.05, 0.1) is 11.8 Å². The summed E-state index contributed by atoms with van der Waals surface area (Å²) in [6.45, 7) is 0. The summed E-state index contributed by atoms with van der Waals surface area (Å²) in [4.78, 5) is 21.1. The summed E-state index contributed by atoms with van der Waals surface area (Å²) in [5.74, 6) is -6.55. The standard InChI is InChI=1S/2C10H8F2O2/c2*11-8-2-1-5(3-9(8)12)6-4-7(6)10(13)14/h2*1-3,6-7H,4H2,(H,13,14). The van der Waals surface area contributed by atoms with Crippen LogP contribution in [0, 0.1) is 35.1 Å². The Kier molecular flexibility index (Phi) is 5.40. The molecule has 4 unspecified atom stereocenters. The molecule has 2 N–H and O–H groups in total. The third kappa shape index (κ3) is 4.32. The number of carbonyl (C=O) groups is 2. The number of benzene rings is 2. The molecule has 2 aliphatic rings. The van der Waals surface area contributed by atoms with Gasteiger partial charge in [0, 0.05) is 0 Å². The summed E-state index contributed by atoms with van der Waals surface area (Å²) >= 11 is 0. The summed E-state index contributed by atoms with van der Waals surface area (Å²) in [5, 5.41) is 17.3. The topological polar surface area (TPSA) is 74.6 Å². The van der Waals surface area contributed by atoms with Crippen LogP contribution in [0.1, 0.15) is 35.8 Å².